The van der Waals surface area contributed by atoms with Gasteiger partial charge < -0.3 is 10.1 Å². The molecule has 1 rings (SSSR count). The molecule has 90 valence electrons. The lowest BCUT2D eigenvalue weighted by Gasteiger charge is -2.13. The first-order valence-electron chi connectivity index (χ1n) is 5.38. The van der Waals surface area contributed by atoms with E-state index < -0.39 is 0 Å². The van der Waals surface area contributed by atoms with Crippen molar-refractivity contribution in [2.24, 2.45) is 0 Å². The number of halogens is 2. The van der Waals surface area contributed by atoms with Crippen molar-refractivity contribution < 1.29 is 9.13 Å². The van der Waals surface area contributed by atoms with Gasteiger partial charge in [-0.3, -0.25) is 0 Å². The van der Waals surface area contributed by atoms with Crippen LogP contribution in [0.1, 0.15) is 19.4 Å². The molecule has 0 heterocycles. The van der Waals surface area contributed by atoms with Crippen LogP contribution in [0.15, 0.2) is 18.2 Å². The zero-order valence-corrected chi connectivity index (χ0v) is 10.4. The zero-order valence-electron chi connectivity index (χ0n) is 9.59. The van der Waals surface area contributed by atoms with Crippen LogP contribution in [-0.4, -0.2) is 19.3 Å². The van der Waals surface area contributed by atoms with Crippen molar-refractivity contribution >= 4 is 11.6 Å². The van der Waals surface area contributed by atoms with Crippen LogP contribution < -0.4 is 5.32 Å². The first-order chi connectivity index (χ1) is 7.63. The maximum absolute atomic E-state index is 13.1. The second-order valence-electron chi connectivity index (χ2n) is 3.69. The van der Waals surface area contributed by atoms with Gasteiger partial charge in [0.2, 0.25) is 0 Å². The van der Waals surface area contributed by atoms with E-state index in [1.54, 1.807) is 6.07 Å². The topological polar surface area (TPSA) is 21.3 Å². The van der Waals surface area contributed by atoms with E-state index in [0.717, 1.165) is 5.56 Å². The lowest BCUT2D eigenvalue weighted by atomic mass is 10.2. The van der Waals surface area contributed by atoms with E-state index in [2.05, 4.69) is 5.32 Å². The predicted molar refractivity (Wildman–Crippen MR) is 64.2 cm³/mol. The summed E-state index contributed by atoms with van der Waals surface area (Å²) >= 11 is 5.60. The molecule has 1 atom stereocenters. The van der Waals surface area contributed by atoms with Crippen LogP contribution >= 0.6 is 11.6 Å². The minimum absolute atomic E-state index is 0.158. The van der Waals surface area contributed by atoms with Gasteiger partial charge in [0.15, 0.2) is 0 Å². The third-order valence-electron chi connectivity index (χ3n) is 2.21. The molecule has 0 bridgehead atoms. The van der Waals surface area contributed by atoms with Crippen LogP contribution in [0, 0.1) is 5.82 Å². The minimum Gasteiger partial charge on any atom is -0.380 e. The summed E-state index contributed by atoms with van der Waals surface area (Å²) in [5, 5.41) is 3.40. The summed E-state index contributed by atoms with van der Waals surface area (Å²) in [5.74, 6) is -0.376. The standard InChI is InChI=1S/C12H17ClFNO/c1-3-16-8-9(2)15-7-10-4-5-11(13)12(14)6-10/h4-6,9,15H,3,7-8H2,1-2H3. The van der Waals surface area contributed by atoms with Crippen LogP contribution in [0.5, 0.6) is 0 Å². The maximum atomic E-state index is 13.1. The van der Waals surface area contributed by atoms with Gasteiger partial charge in [0.25, 0.3) is 0 Å². The molecule has 0 amide bonds. The number of ether oxygens (including phenoxy) is 1. The quantitative estimate of drug-likeness (QED) is 0.832. The van der Waals surface area contributed by atoms with Crippen molar-refractivity contribution in [2.75, 3.05) is 13.2 Å². The van der Waals surface area contributed by atoms with Crippen molar-refractivity contribution in [3.63, 3.8) is 0 Å². The van der Waals surface area contributed by atoms with E-state index >= 15 is 0 Å². The highest BCUT2D eigenvalue weighted by Crippen LogP contribution is 2.15. The fourth-order valence-electron chi connectivity index (χ4n) is 1.30. The molecule has 1 aromatic carbocycles. The van der Waals surface area contributed by atoms with Crippen molar-refractivity contribution in [1.29, 1.82) is 0 Å². The Labute approximate surface area is 101 Å². The van der Waals surface area contributed by atoms with Gasteiger partial charge >= 0.3 is 0 Å². The molecule has 1 aromatic rings. The smallest absolute Gasteiger partial charge is 0.142 e. The Morgan fingerprint density at radius 3 is 2.88 bits per heavy atom. The maximum Gasteiger partial charge on any atom is 0.142 e. The van der Waals surface area contributed by atoms with E-state index in [-0.39, 0.29) is 16.9 Å². The molecule has 2 nitrogen and oxygen atoms in total. The molecule has 0 fully saturated rings. The summed E-state index contributed by atoms with van der Waals surface area (Å²) in [5.41, 5.74) is 0.880. The van der Waals surface area contributed by atoms with E-state index in [4.69, 9.17) is 16.3 Å². The molecule has 16 heavy (non-hydrogen) atoms. The Morgan fingerprint density at radius 2 is 2.25 bits per heavy atom. The highest BCUT2D eigenvalue weighted by atomic mass is 35.5. The van der Waals surface area contributed by atoms with Gasteiger partial charge in [0.05, 0.1) is 11.6 Å². The fraction of sp³-hybridized carbons (Fsp3) is 0.500. The average Bonchev–Trinajstić information content (AvgIpc) is 2.28. The number of hydrogen-bond acceptors (Lipinski definition) is 2. The molecular weight excluding hydrogens is 229 g/mol. The molecule has 4 heteroatoms. The summed E-state index contributed by atoms with van der Waals surface area (Å²) in [7, 11) is 0. The molecule has 0 spiro atoms. The molecule has 0 aliphatic heterocycles. The molecular formula is C12H17ClFNO. The first-order valence-corrected chi connectivity index (χ1v) is 5.76. The van der Waals surface area contributed by atoms with Gasteiger partial charge in [-0.1, -0.05) is 17.7 Å². The minimum atomic E-state index is -0.376. The second-order valence-corrected chi connectivity index (χ2v) is 4.10. The number of nitrogens with one attached hydrogen (secondary N) is 1. The molecule has 0 aromatic heterocycles. The van der Waals surface area contributed by atoms with Crippen molar-refractivity contribution in [2.45, 2.75) is 26.4 Å². The largest absolute Gasteiger partial charge is 0.380 e. The Kier molecular flexibility index (Phi) is 5.74. The van der Waals surface area contributed by atoms with E-state index in [0.29, 0.717) is 19.8 Å². The predicted octanol–water partition coefficient (Wildman–Crippen LogP) is 2.99. The molecule has 0 radical (unpaired) electrons. The Balaban J connectivity index is 2.39. The monoisotopic (exact) mass is 245 g/mol. The lowest BCUT2D eigenvalue weighted by molar-refractivity contribution is 0.127. The lowest BCUT2D eigenvalue weighted by Crippen LogP contribution is -2.30. The summed E-state index contributed by atoms with van der Waals surface area (Å²) in [6, 6.07) is 5.08. The molecule has 0 saturated carbocycles. The first kappa shape index (κ1) is 13.4. The van der Waals surface area contributed by atoms with Crippen LogP contribution in [0.25, 0.3) is 0 Å². The van der Waals surface area contributed by atoms with E-state index in [9.17, 15) is 4.39 Å². The van der Waals surface area contributed by atoms with Gasteiger partial charge in [0, 0.05) is 19.2 Å². The summed E-state index contributed by atoms with van der Waals surface area (Å²) in [6.07, 6.45) is 0. The van der Waals surface area contributed by atoms with Gasteiger partial charge in [0.1, 0.15) is 5.82 Å². The molecule has 0 aliphatic carbocycles. The third kappa shape index (κ3) is 4.47. The highest BCUT2D eigenvalue weighted by molar-refractivity contribution is 6.30. The van der Waals surface area contributed by atoms with Gasteiger partial charge in [-0.15, -0.1) is 0 Å². The number of hydrogen-bond donors (Lipinski definition) is 1. The Morgan fingerprint density at radius 1 is 1.50 bits per heavy atom. The highest BCUT2D eigenvalue weighted by Gasteiger charge is 2.03. The zero-order chi connectivity index (χ0) is 12.0. The van der Waals surface area contributed by atoms with E-state index in [1.807, 2.05) is 19.9 Å². The van der Waals surface area contributed by atoms with Crippen molar-refractivity contribution in [1.82, 2.24) is 5.32 Å². The van der Waals surface area contributed by atoms with Crippen LogP contribution in [0.3, 0.4) is 0 Å². The summed E-state index contributed by atoms with van der Waals surface area (Å²) < 4.78 is 18.4. The van der Waals surface area contributed by atoms with Crippen LogP contribution in [-0.2, 0) is 11.3 Å². The van der Waals surface area contributed by atoms with Gasteiger partial charge in [-0.2, -0.15) is 0 Å². The summed E-state index contributed by atoms with van der Waals surface area (Å²) in [4.78, 5) is 0. The normalized spacial score (nSPS) is 12.8. The van der Waals surface area contributed by atoms with Gasteiger partial charge in [-0.25, -0.2) is 4.39 Å². The molecule has 0 aliphatic rings. The van der Waals surface area contributed by atoms with Crippen molar-refractivity contribution in [3.05, 3.63) is 34.6 Å². The van der Waals surface area contributed by atoms with Crippen LogP contribution in [0.4, 0.5) is 4.39 Å². The average molecular weight is 246 g/mol. The fourth-order valence-corrected chi connectivity index (χ4v) is 1.41. The Hall–Kier alpha value is -0.640. The SMILES string of the molecule is CCOCC(C)NCc1ccc(Cl)c(F)c1. The second kappa shape index (κ2) is 6.84. The number of benzene rings is 1. The van der Waals surface area contributed by atoms with Crippen LogP contribution in [0.2, 0.25) is 5.02 Å². The number of rotatable bonds is 6. The molecule has 1 unspecified atom stereocenters. The molecule has 0 saturated heterocycles. The Bertz CT molecular complexity index is 333. The van der Waals surface area contributed by atoms with Gasteiger partial charge in [-0.05, 0) is 31.5 Å². The summed E-state index contributed by atoms with van der Waals surface area (Å²) in [6.45, 7) is 5.97. The van der Waals surface area contributed by atoms with Crippen molar-refractivity contribution in [3.8, 4) is 0 Å². The molecule has 1 N–H and O–H groups in total. The third-order valence-corrected chi connectivity index (χ3v) is 2.52. The van der Waals surface area contributed by atoms with E-state index in [1.165, 1.54) is 6.07 Å².